The zero-order valence-electron chi connectivity index (χ0n) is 23.4. The molecule has 0 saturated carbocycles. The first-order valence-corrected chi connectivity index (χ1v) is 12.9. The summed E-state index contributed by atoms with van der Waals surface area (Å²) in [5, 5.41) is 12.7. The van der Waals surface area contributed by atoms with Gasteiger partial charge in [-0.3, -0.25) is 19.2 Å². The van der Waals surface area contributed by atoms with Gasteiger partial charge in [0.25, 0.3) is 0 Å². The van der Waals surface area contributed by atoms with Crippen molar-refractivity contribution in [2.75, 3.05) is 6.54 Å². The second-order valence-electron chi connectivity index (χ2n) is 10.9. The lowest BCUT2D eigenvalue weighted by Crippen LogP contribution is -2.43. The lowest BCUT2D eigenvalue weighted by atomic mass is 9.90. The van der Waals surface area contributed by atoms with Crippen LogP contribution in [-0.2, 0) is 30.3 Å². The summed E-state index contributed by atoms with van der Waals surface area (Å²) in [6, 6.07) is 3.65. The molecule has 0 bridgehead atoms. The van der Waals surface area contributed by atoms with E-state index >= 15 is 0 Å². The summed E-state index contributed by atoms with van der Waals surface area (Å²) in [6.07, 6.45) is 0.524. The van der Waals surface area contributed by atoms with Gasteiger partial charge in [0.15, 0.2) is 11.5 Å². The molecule has 9 heteroatoms. The summed E-state index contributed by atoms with van der Waals surface area (Å²) < 4.78 is 16.4. The summed E-state index contributed by atoms with van der Waals surface area (Å²) in [4.78, 5) is 48.7. The average molecular weight is 522 g/mol. The molecular formula is C28H43NO8. The number of nitrogens with one attached hydrogen (secondary N) is 1. The molecule has 1 aromatic rings. The monoisotopic (exact) mass is 521 g/mol. The number of carbonyl (C=O) groups excluding carboxylic acids is 3. The third-order valence-electron chi connectivity index (χ3n) is 5.74. The Hall–Kier alpha value is -2.94. The van der Waals surface area contributed by atoms with Crippen LogP contribution in [0.1, 0.15) is 80.2 Å². The van der Waals surface area contributed by atoms with E-state index in [-0.39, 0.29) is 55.1 Å². The summed E-state index contributed by atoms with van der Waals surface area (Å²) >= 11 is 0. The first-order chi connectivity index (χ1) is 17.1. The molecule has 0 aliphatic carbocycles. The van der Waals surface area contributed by atoms with Crippen LogP contribution in [0.2, 0.25) is 0 Å². The van der Waals surface area contributed by atoms with Crippen molar-refractivity contribution in [2.24, 2.45) is 17.3 Å². The molecule has 0 aromatic heterocycles. The van der Waals surface area contributed by atoms with Crippen molar-refractivity contribution in [1.29, 1.82) is 0 Å². The summed E-state index contributed by atoms with van der Waals surface area (Å²) in [5.41, 5.74) is -0.0581. The number of carboxylic acid groups (broad SMARTS) is 1. The zero-order valence-corrected chi connectivity index (χ0v) is 23.4. The van der Waals surface area contributed by atoms with Crippen LogP contribution < -0.4 is 14.8 Å². The van der Waals surface area contributed by atoms with Crippen molar-refractivity contribution in [3.63, 3.8) is 0 Å². The minimum atomic E-state index is -1.08. The molecule has 0 amide bonds. The standard InChI is InChI=1S/C28H43NO8/c1-9-28(7,8)27(34)35-19(6)16-29-21(26(32)33)14-20-10-11-22(36-24(30)12-17(2)3)23(15-20)37-25(31)13-18(4)5/h10-11,15,17-19,21,29H,9,12-14,16H2,1-8H3,(H,32,33)/t19?,21-/m0/s1. The second-order valence-corrected chi connectivity index (χ2v) is 10.9. The Bertz CT molecular complexity index is 938. The SMILES string of the molecule is CCC(C)(C)C(=O)OC(C)CN[C@@H](Cc1ccc(OC(=O)CC(C)C)c(OC(=O)CC(C)C)c1)C(=O)O. The van der Waals surface area contributed by atoms with Gasteiger partial charge in [-0.1, -0.05) is 40.7 Å². The molecule has 0 spiro atoms. The fraction of sp³-hybridized carbons (Fsp3) is 0.643. The van der Waals surface area contributed by atoms with Crippen LogP contribution in [0, 0.1) is 17.3 Å². The number of ether oxygens (including phenoxy) is 3. The van der Waals surface area contributed by atoms with Crippen molar-refractivity contribution >= 4 is 23.9 Å². The van der Waals surface area contributed by atoms with Crippen molar-refractivity contribution < 1.29 is 38.5 Å². The van der Waals surface area contributed by atoms with E-state index in [0.717, 1.165) is 0 Å². The van der Waals surface area contributed by atoms with Crippen molar-refractivity contribution in [1.82, 2.24) is 5.32 Å². The Morgan fingerprint density at radius 2 is 1.46 bits per heavy atom. The second kappa shape index (κ2) is 14.7. The number of rotatable bonds is 15. The first kappa shape index (κ1) is 32.1. The molecule has 2 atom stereocenters. The molecule has 0 aliphatic heterocycles. The molecule has 208 valence electrons. The molecule has 0 aliphatic rings. The Morgan fingerprint density at radius 3 is 1.95 bits per heavy atom. The van der Waals surface area contributed by atoms with Gasteiger partial charge >= 0.3 is 23.9 Å². The van der Waals surface area contributed by atoms with E-state index in [2.05, 4.69) is 5.32 Å². The van der Waals surface area contributed by atoms with Crippen molar-refractivity contribution in [3.05, 3.63) is 23.8 Å². The van der Waals surface area contributed by atoms with E-state index in [1.54, 1.807) is 26.8 Å². The van der Waals surface area contributed by atoms with E-state index in [9.17, 15) is 24.3 Å². The molecule has 0 fully saturated rings. The molecule has 37 heavy (non-hydrogen) atoms. The molecule has 9 nitrogen and oxygen atoms in total. The average Bonchev–Trinajstić information content (AvgIpc) is 2.76. The minimum Gasteiger partial charge on any atom is -0.480 e. The quantitative estimate of drug-likeness (QED) is 0.252. The van der Waals surface area contributed by atoms with Crippen molar-refractivity contribution in [2.45, 2.75) is 93.2 Å². The van der Waals surface area contributed by atoms with Gasteiger partial charge < -0.3 is 24.6 Å². The maximum Gasteiger partial charge on any atom is 0.321 e. The predicted octanol–water partition coefficient (Wildman–Crippen LogP) is 4.54. The number of carboxylic acids is 1. The van der Waals surface area contributed by atoms with Gasteiger partial charge in [0.05, 0.1) is 5.41 Å². The smallest absolute Gasteiger partial charge is 0.321 e. The summed E-state index contributed by atoms with van der Waals surface area (Å²) in [5.74, 6) is -2.03. The molecule has 2 N–H and O–H groups in total. The van der Waals surface area contributed by atoms with E-state index in [1.807, 2.05) is 34.6 Å². The van der Waals surface area contributed by atoms with Crippen LogP contribution in [0.25, 0.3) is 0 Å². The van der Waals surface area contributed by atoms with E-state index in [1.165, 1.54) is 12.1 Å². The maximum atomic E-state index is 12.3. The number of esters is 3. The Morgan fingerprint density at radius 1 is 0.919 bits per heavy atom. The third-order valence-corrected chi connectivity index (χ3v) is 5.74. The predicted molar refractivity (Wildman–Crippen MR) is 139 cm³/mol. The van der Waals surface area contributed by atoms with E-state index in [4.69, 9.17) is 14.2 Å². The first-order valence-electron chi connectivity index (χ1n) is 12.9. The van der Waals surface area contributed by atoms with Crippen LogP contribution in [-0.4, -0.2) is 47.7 Å². The summed E-state index contributed by atoms with van der Waals surface area (Å²) in [7, 11) is 0. The molecule has 0 heterocycles. The minimum absolute atomic E-state index is 0.0609. The fourth-order valence-electron chi connectivity index (χ4n) is 3.16. The number of aliphatic carboxylic acids is 1. The summed E-state index contributed by atoms with van der Waals surface area (Å²) in [6.45, 7) is 14.9. The number of carbonyl (C=O) groups is 4. The largest absolute Gasteiger partial charge is 0.480 e. The number of benzene rings is 1. The van der Waals surface area contributed by atoms with E-state index < -0.39 is 35.5 Å². The molecule has 1 unspecified atom stereocenters. The lowest BCUT2D eigenvalue weighted by Gasteiger charge is -2.24. The van der Waals surface area contributed by atoms with Gasteiger partial charge in [0.1, 0.15) is 12.1 Å². The number of hydrogen-bond donors (Lipinski definition) is 2. The maximum absolute atomic E-state index is 12.3. The topological polar surface area (TPSA) is 128 Å². The molecule has 0 radical (unpaired) electrons. The van der Waals surface area contributed by atoms with Gasteiger partial charge in [-0.15, -0.1) is 0 Å². The fourth-order valence-corrected chi connectivity index (χ4v) is 3.16. The van der Waals surface area contributed by atoms with Gasteiger partial charge in [-0.25, -0.2) is 0 Å². The lowest BCUT2D eigenvalue weighted by molar-refractivity contribution is -0.158. The van der Waals surface area contributed by atoms with Gasteiger partial charge in [0, 0.05) is 19.4 Å². The van der Waals surface area contributed by atoms with Crippen LogP contribution in [0.4, 0.5) is 0 Å². The highest BCUT2D eigenvalue weighted by atomic mass is 16.6. The zero-order chi connectivity index (χ0) is 28.3. The van der Waals surface area contributed by atoms with Crippen LogP contribution in [0.3, 0.4) is 0 Å². The van der Waals surface area contributed by atoms with Gasteiger partial charge in [-0.05, 0) is 63.1 Å². The van der Waals surface area contributed by atoms with Crippen molar-refractivity contribution in [3.8, 4) is 11.5 Å². The normalized spacial score (nSPS) is 13.2. The highest BCUT2D eigenvalue weighted by molar-refractivity contribution is 5.77. The van der Waals surface area contributed by atoms with Crippen LogP contribution in [0.5, 0.6) is 11.5 Å². The third kappa shape index (κ3) is 11.8. The van der Waals surface area contributed by atoms with Crippen LogP contribution in [0.15, 0.2) is 18.2 Å². The number of hydrogen-bond acceptors (Lipinski definition) is 8. The molecule has 1 aromatic carbocycles. The Balaban J connectivity index is 3.01. The Kier molecular flexibility index (Phi) is 12.8. The van der Waals surface area contributed by atoms with Gasteiger partial charge in [-0.2, -0.15) is 0 Å². The van der Waals surface area contributed by atoms with Gasteiger partial charge in [0.2, 0.25) is 0 Å². The molecular weight excluding hydrogens is 478 g/mol. The highest BCUT2D eigenvalue weighted by Crippen LogP contribution is 2.30. The Labute approximate surface area is 220 Å². The highest BCUT2D eigenvalue weighted by Gasteiger charge is 2.29. The molecule has 1 rings (SSSR count). The molecule has 0 saturated heterocycles. The van der Waals surface area contributed by atoms with Crippen LogP contribution >= 0.6 is 0 Å². The van der Waals surface area contributed by atoms with E-state index in [0.29, 0.717) is 12.0 Å².